The molecule has 1 unspecified atom stereocenters. The molecule has 0 aliphatic heterocycles. The van der Waals surface area contributed by atoms with Gasteiger partial charge in [-0.25, -0.2) is 0 Å². The van der Waals surface area contributed by atoms with Crippen LogP contribution in [0.15, 0.2) is 29.3 Å². The lowest BCUT2D eigenvalue weighted by molar-refractivity contribution is 0.179. The maximum atomic E-state index is 5.70. The molecular weight excluding hydrogens is 302 g/mol. The summed E-state index contributed by atoms with van der Waals surface area (Å²) < 4.78 is 10.8. The number of methoxy groups -OCH3 is 1. The molecule has 24 heavy (non-hydrogen) atoms. The Kier molecular flexibility index (Phi) is 9.92. The van der Waals surface area contributed by atoms with Crippen molar-refractivity contribution < 1.29 is 9.47 Å². The van der Waals surface area contributed by atoms with E-state index in [0.717, 1.165) is 37.8 Å². The summed E-state index contributed by atoms with van der Waals surface area (Å²) in [6.45, 7) is 11.4. The van der Waals surface area contributed by atoms with Gasteiger partial charge in [-0.2, -0.15) is 0 Å². The second-order valence-corrected chi connectivity index (χ2v) is 6.36. The minimum Gasteiger partial charge on any atom is -0.493 e. The van der Waals surface area contributed by atoms with Crippen LogP contribution in [0.1, 0.15) is 33.3 Å². The third kappa shape index (κ3) is 8.77. The molecule has 0 saturated heterocycles. The van der Waals surface area contributed by atoms with E-state index in [1.54, 1.807) is 7.11 Å². The van der Waals surface area contributed by atoms with Gasteiger partial charge in [0.15, 0.2) is 5.96 Å². The summed E-state index contributed by atoms with van der Waals surface area (Å²) in [6.07, 6.45) is 0.902. The van der Waals surface area contributed by atoms with Crippen LogP contribution in [0.2, 0.25) is 0 Å². The Bertz CT molecular complexity index is 472. The summed E-state index contributed by atoms with van der Waals surface area (Å²) >= 11 is 0. The molecule has 0 fully saturated rings. The van der Waals surface area contributed by atoms with E-state index in [4.69, 9.17) is 9.47 Å². The molecule has 0 bridgehead atoms. The molecule has 136 valence electrons. The molecule has 0 aliphatic rings. The smallest absolute Gasteiger partial charge is 0.191 e. The van der Waals surface area contributed by atoms with Gasteiger partial charge in [-0.15, -0.1) is 0 Å². The fourth-order valence-corrected chi connectivity index (χ4v) is 2.16. The van der Waals surface area contributed by atoms with Gasteiger partial charge in [-0.05, 0) is 43.9 Å². The predicted molar refractivity (Wildman–Crippen MR) is 101 cm³/mol. The fraction of sp³-hybridized carbons (Fsp3) is 0.632. The number of benzene rings is 1. The van der Waals surface area contributed by atoms with Gasteiger partial charge in [-0.1, -0.05) is 26.0 Å². The number of hydrogen-bond acceptors (Lipinski definition) is 3. The van der Waals surface area contributed by atoms with Crippen molar-refractivity contribution in [2.75, 3.05) is 33.4 Å². The molecule has 1 rings (SSSR count). The molecule has 0 radical (unpaired) electrons. The monoisotopic (exact) mass is 335 g/mol. The molecule has 0 spiro atoms. The standard InChI is InChI=1S/C19H33N3O2/c1-6-20-19(22-16(4)14-23-5)21-12-11-17-7-9-18(10-8-17)24-13-15(2)3/h7-10,15-16H,6,11-14H2,1-5H3,(H2,20,21,22). The number of ether oxygens (including phenoxy) is 2. The van der Waals surface area contributed by atoms with E-state index >= 15 is 0 Å². The van der Waals surface area contributed by atoms with Crippen molar-refractivity contribution in [3.05, 3.63) is 29.8 Å². The Morgan fingerprint density at radius 1 is 1.12 bits per heavy atom. The van der Waals surface area contributed by atoms with Crippen LogP contribution in [0.5, 0.6) is 5.75 Å². The highest BCUT2D eigenvalue weighted by molar-refractivity contribution is 5.80. The molecular formula is C19H33N3O2. The van der Waals surface area contributed by atoms with Crippen LogP contribution in [0, 0.1) is 5.92 Å². The predicted octanol–water partition coefficient (Wildman–Crippen LogP) is 2.85. The molecule has 0 amide bonds. The highest BCUT2D eigenvalue weighted by atomic mass is 16.5. The Balaban J connectivity index is 2.47. The van der Waals surface area contributed by atoms with Gasteiger partial charge in [0, 0.05) is 26.2 Å². The van der Waals surface area contributed by atoms with Gasteiger partial charge in [0.2, 0.25) is 0 Å². The van der Waals surface area contributed by atoms with Crippen molar-refractivity contribution in [2.24, 2.45) is 10.9 Å². The zero-order valence-electron chi connectivity index (χ0n) is 15.8. The Morgan fingerprint density at radius 3 is 2.42 bits per heavy atom. The highest BCUT2D eigenvalue weighted by Gasteiger charge is 2.04. The molecule has 0 heterocycles. The maximum absolute atomic E-state index is 5.70. The minimum absolute atomic E-state index is 0.227. The first-order chi connectivity index (χ1) is 11.5. The minimum atomic E-state index is 0.227. The van der Waals surface area contributed by atoms with Crippen molar-refractivity contribution in [1.82, 2.24) is 10.6 Å². The summed E-state index contributed by atoms with van der Waals surface area (Å²) in [5.41, 5.74) is 1.26. The quantitative estimate of drug-likeness (QED) is 0.510. The van der Waals surface area contributed by atoms with Crippen LogP contribution < -0.4 is 15.4 Å². The van der Waals surface area contributed by atoms with Crippen molar-refractivity contribution in [3.63, 3.8) is 0 Å². The second kappa shape index (κ2) is 11.7. The SMILES string of the molecule is CCNC(=NCCc1ccc(OCC(C)C)cc1)NC(C)COC. The third-order valence-corrected chi connectivity index (χ3v) is 3.32. The number of nitrogens with one attached hydrogen (secondary N) is 2. The molecule has 1 aromatic carbocycles. The van der Waals surface area contributed by atoms with E-state index < -0.39 is 0 Å². The Morgan fingerprint density at radius 2 is 1.83 bits per heavy atom. The highest BCUT2D eigenvalue weighted by Crippen LogP contribution is 2.13. The summed E-state index contributed by atoms with van der Waals surface area (Å²) in [5.74, 6) is 2.30. The maximum Gasteiger partial charge on any atom is 0.191 e. The molecule has 0 aromatic heterocycles. The van der Waals surface area contributed by atoms with Crippen LogP contribution >= 0.6 is 0 Å². The van der Waals surface area contributed by atoms with E-state index in [-0.39, 0.29) is 6.04 Å². The normalized spacial score (nSPS) is 13.0. The zero-order chi connectivity index (χ0) is 17.8. The molecule has 0 aliphatic carbocycles. The van der Waals surface area contributed by atoms with Gasteiger partial charge >= 0.3 is 0 Å². The van der Waals surface area contributed by atoms with Gasteiger partial charge < -0.3 is 20.1 Å². The van der Waals surface area contributed by atoms with Crippen LogP contribution in [0.4, 0.5) is 0 Å². The Hall–Kier alpha value is -1.75. The van der Waals surface area contributed by atoms with Crippen LogP contribution in [0.25, 0.3) is 0 Å². The van der Waals surface area contributed by atoms with Crippen LogP contribution in [-0.2, 0) is 11.2 Å². The lowest BCUT2D eigenvalue weighted by atomic mass is 10.1. The number of rotatable bonds is 10. The van der Waals surface area contributed by atoms with E-state index in [2.05, 4.69) is 55.5 Å². The Labute approximate surface area is 146 Å². The van der Waals surface area contributed by atoms with E-state index in [0.29, 0.717) is 12.5 Å². The van der Waals surface area contributed by atoms with Gasteiger partial charge in [0.05, 0.1) is 13.2 Å². The first kappa shape index (κ1) is 20.3. The first-order valence-corrected chi connectivity index (χ1v) is 8.80. The lowest BCUT2D eigenvalue weighted by Gasteiger charge is -2.17. The van der Waals surface area contributed by atoms with Crippen LogP contribution in [-0.4, -0.2) is 45.4 Å². The van der Waals surface area contributed by atoms with E-state index in [1.807, 2.05) is 12.1 Å². The van der Waals surface area contributed by atoms with E-state index in [9.17, 15) is 0 Å². The van der Waals surface area contributed by atoms with Crippen molar-refractivity contribution in [3.8, 4) is 5.75 Å². The molecule has 0 saturated carbocycles. The summed E-state index contributed by atoms with van der Waals surface area (Å²) in [7, 11) is 1.71. The third-order valence-electron chi connectivity index (χ3n) is 3.32. The number of guanidine groups is 1. The topological polar surface area (TPSA) is 54.9 Å². The second-order valence-electron chi connectivity index (χ2n) is 6.36. The lowest BCUT2D eigenvalue weighted by Crippen LogP contribution is -2.44. The molecule has 2 N–H and O–H groups in total. The van der Waals surface area contributed by atoms with Crippen LogP contribution in [0.3, 0.4) is 0 Å². The molecule has 1 atom stereocenters. The van der Waals surface area contributed by atoms with Crippen molar-refractivity contribution >= 4 is 5.96 Å². The fourth-order valence-electron chi connectivity index (χ4n) is 2.16. The average molecular weight is 335 g/mol. The summed E-state index contributed by atoms with van der Waals surface area (Å²) in [5, 5.41) is 6.59. The molecule has 5 heteroatoms. The average Bonchev–Trinajstić information content (AvgIpc) is 2.54. The summed E-state index contributed by atoms with van der Waals surface area (Å²) in [6, 6.07) is 8.51. The molecule has 1 aromatic rings. The van der Waals surface area contributed by atoms with Crippen molar-refractivity contribution in [1.29, 1.82) is 0 Å². The zero-order valence-corrected chi connectivity index (χ0v) is 15.8. The number of nitrogens with zero attached hydrogens (tertiary/aromatic N) is 1. The van der Waals surface area contributed by atoms with Gasteiger partial charge in [0.25, 0.3) is 0 Å². The van der Waals surface area contributed by atoms with Crippen molar-refractivity contribution in [2.45, 2.75) is 40.2 Å². The van der Waals surface area contributed by atoms with Gasteiger partial charge in [0.1, 0.15) is 5.75 Å². The molecule has 5 nitrogen and oxygen atoms in total. The number of aliphatic imine (C=N–C) groups is 1. The number of hydrogen-bond donors (Lipinski definition) is 2. The van der Waals surface area contributed by atoms with Gasteiger partial charge in [-0.3, -0.25) is 4.99 Å². The largest absolute Gasteiger partial charge is 0.493 e. The summed E-state index contributed by atoms with van der Waals surface area (Å²) in [4.78, 5) is 4.62. The first-order valence-electron chi connectivity index (χ1n) is 8.80. The van der Waals surface area contributed by atoms with E-state index in [1.165, 1.54) is 5.56 Å².